The van der Waals surface area contributed by atoms with Crippen LogP contribution >= 0.6 is 37.2 Å². The average Bonchev–Trinajstić information content (AvgIpc) is 2.64. The third kappa shape index (κ3) is 15.8. The van der Waals surface area contributed by atoms with Gasteiger partial charge in [-0.25, -0.2) is 0 Å². The molecule has 2 aromatic carbocycles. The Balaban J connectivity index is -0.0000000584. The normalized spacial score (nSPS) is 8.31. The predicted octanol–water partition coefficient (Wildman–Crippen LogP) is 8.67. The number of benzene rings is 2. The molecule has 0 unspecified atom stereocenters. The first-order valence-corrected chi connectivity index (χ1v) is 15.5. The number of halogens is 2. The second-order valence-corrected chi connectivity index (χ2v) is 6.33. The Morgan fingerprint density at radius 1 is 0.690 bits per heavy atom. The summed E-state index contributed by atoms with van der Waals surface area (Å²) in [7, 11) is 0. The van der Waals surface area contributed by atoms with Crippen molar-refractivity contribution in [2.24, 2.45) is 0 Å². The molecule has 29 heavy (non-hydrogen) atoms. The summed E-state index contributed by atoms with van der Waals surface area (Å²) in [5, 5.41) is 0. The van der Waals surface area contributed by atoms with Crippen LogP contribution in [0.15, 0.2) is 24.3 Å². The quantitative estimate of drug-likeness (QED) is 0.178. The smallest absolute Gasteiger partial charge is 1.00 e. The Labute approximate surface area is 241 Å². The third-order valence-electron chi connectivity index (χ3n) is 4.42. The van der Waals surface area contributed by atoms with Gasteiger partial charge in [0.15, 0.2) is 0 Å². The minimum atomic E-state index is 0. The fourth-order valence-electron chi connectivity index (χ4n) is 3.00. The maximum atomic E-state index is 3.38. The van der Waals surface area contributed by atoms with Crippen LogP contribution in [-0.4, -0.2) is 46.1 Å². The van der Waals surface area contributed by atoms with Gasteiger partial charge in [-0.05, 0) is 43.4 Å². The van der Waals surface area contributed by atoms with Crippen molar-refractivity contribution >= 4 is 83.3 Å². The average molecular weight is 645 g/mol. The molecule has 0 bridgehead atoms. The van der Waals surface area contributed by atoms with E-state index < -0.39 is 0 Å². The van der Waals surface area contributed by atoms with Crippen molar-refractivity contribution in [2.45, 2.75) is 81.6 Å². The topological polar surface area (TPSA) is 0 Å². The van der Waals surface area contributed by atoms with Gasteiger partial charge in [-0.3, -0.25) is 0 Å². The minimum Gasteiger partial charge on any atom is -1.00 e. The molecule has 0 aliphatic rings. The summed E-state index contributed by atoms with van der Waals surface area (Å²) in [6, 6.07) is 12.4. The number of hydrogen-bond donors (Lipinski definition) is 0. The molecular weight excluding hydrogens is 603 g/mol. The van der Waals surface area contributed by atoms with Crippen LogP contribution in [0, 0.1) is 34.3 Å². The zero-order valence-corrected chi connectivity index (χ0v) is 26.5. The number of rotatable bonds is 4. The van der Waals surface area contributed by atoms with Gasteiger partial charge in [0.25, 0.3) is 0 Å². The maximum Gasteiger partial charge on any atom is 2.00 e. The van der Waals surface area contributed by atoms with Crippen LogP contribution in [0.5, 0.6) is 0 Å². The van der Waals surface area contributed by atoms with Crippen LogP contribution < -0.4 is 0 Å². The molecule has 4 heteroatoms. The monoisotopic (exact) mass is 644 g/mol. The van der Waals surface area contributed by atoms with Crippen molar-refractivity contribution < 1.29 is 2.85 Å². The minimum absolute atomic E-state index is 0. The molecule has 0 radical (unpaired) electrons. The summed E-state index contributed by atoms with van der Waals surface area (Å²) in [6.07, 6.45) is 4.49. The molecule has 0 amide bonds. The van der Waals surface area contributed by atoms with Gasteiger partial charge in [0.1, 0.15) is 0 Å². The summed E-state index contributed by atoms with van der Waals surface area (Å²) in [6.45, 7) is 15.3. The number of hydrogen-bond acceptors (Lipinski definition) is 0. The van der Waals surface area contributed by atoms with Crippen LogP contribution in [0.4, 0.5) is 0 Å². The first kappa shape index (κ1) is 40.8. The molecule has 0 atom stereocenters. The van der Waals surface area contributed by atoms with Crippen LogP contribution in [0.1, 0.15) is 76.9 Å². The fraction of sp³-hybridized carbons (Fsp3) is 0.480. The Morgan fingerprint density at radius 3 is 1.28 bits per heavy atom. The van der Waals surface area contributed by atoms with Crippen LogP contribution in [0.2, 0.25) is 0 Å². The Hall–Kier alpha value is 1.43. The van der Waals surface area contributed by atoms with E-state index in [2.05, 4.69) is 116 Å². The van der Waals surface area contributed by atoms with E-state index in [1.807, 2.05) is 0 Å². The molecule has 0 saturated heterocycles. The van der Waals surface area contributed by atoms with Gasteiger partial charge in [-0.15, -0.1) is 0 Å². The van der Waals surface area contributed by atoms with E-state index in [4.69, 9.17) is 0 Å². The molecule has 0 aliphatic carbocycles. The Bertz CT molecular complexity index is 604. The molecule has 2 aromatic rings. The van der Waals surface area contributed by atoms with Gasteiger partial charge in [0, 0.05) is 37.2 Å². The van der Waals surface area contributed by atoms with Gasteiger partial charge in [0.2, 0.25) is 0 Å². The van der Waals surface area contributed by atoms with E-state index in [0.717, 1.165) is 25.7 Å². The molecule has 0 spiro atoms. The van der Waals surface area contributed by atoms with Crippen molar-refractivity contribution in [3.8, 4) is 0 Å². The second kappa shape index (κ2) is 24.1. The summed E-state index contributed by atoms with van der Waals surface area (Å²) < 4.78 is 0. The van der Waals surface area contributed by atoms with Crippen molar-refractivity contribution in [1.82, 2.24) is 0 Å². The zero-order chi connectivity index (χ0) is 19.4. The van der Waals surface area contributed by atoms with Gasteiger partial charge in [0.05, 0.1) is 0 Å². The predicted molar refractivity (Wildman–Crippen MR) is 158 cm³/mol. The van der Waals surface area contributed by atoms with Gasteiger partial charge in [-0.2, -0.15) is 34.9 Å². The van der Waals surface area contributed by atoms with E-state index in [0.29, 0.717) is 0 Å². The molecule has 0 N–H and O–H groups in total. The van der Waals surface area contributed by atoms with Crippen LogP contribution in [0.25, 0.3) is 0 Å². The molecule has 0 heterocycles. The van der Waals surface area contributed by atoms with Crippen molar-refractivity contribution in [2.75, 3.05) is 0 Å². The molecule has 0 aromatic heterocycles. The summed E-state index contributed by atoms with van der Waals surface area (Å²) in [4.78, 5) is 0. The molecular formula is C25H42I2Mg2. The SMILES string of the molecule is C.CCc1[c-]c(CC)cc(C)c1.CCc1cc(C)cc(CC)c1C.II.[CH3-].[H-].[H-].[Mg+2].[Mg+2]. The summed E-state index contributed by atoms with van der Waals surface area (Å²) in [5.74, 6) is 0. The van der Waals surface area contributed by atoms with Crippen molar-refractivity contribution in [3.05, 3.63) is 76.7 Å². The first-order valence-electron chi connectivity index (χ1n) is 9.19. The Kier molecular flexibility index (Phi) is 33.8. The molecule has 160 valence electrons. The van der Waals surface area contributed by atoms with E-state index in [-0.39, 0.29) is 63.8 Å². The molecule has 0 saturated carbocycles. The van der Waals surface area contributed by atoms with E-state index in [9.17, 15) is 0 Å². The van der Waals surface area contributed by atoms with E-state index >= 15 is 0 Å². The Morgan fingerprint density at radius 2 is 1.00 bits per heavy atom. The standard InChI is InChI=1S/C12H18.C11H15.CH4.CH3.I2.2Mg.2H/c1-5-11-7-9(3)8-12(6-2)10(11)4;1-4-10-6-9(3)7-11(5-2)8-10;;;1-2;;;;/h7-8H,5-6H2,1-4H3;6-7H,4-5H2,1-3H3;1H4;1H3;;;;;/q;-1;;-1;;2*+2;2*-1. The van der Waals surface area contributed by atoms with E-state index in [1.165, 1.54) is 38.9 Å². The fourth-order valence-corrected chi connectivity index (χ4v) is 3.00. The molecule has 0 aliphatic heterocycles. The van der Waals surface area contributed by atoms with Crippen LogP contribution in [-0.2, 0) is 25.7 Å². The maximum absolute atomic E-state index is 3.38. The first-order chi connectivity index (χ1) is 11.9. The van der Waals surface area contributed by atoms with Gasteiger partial charge >= 0.3 is 46.1 Å². The molecule has 2 rings (SSSR count). The summed E-state index contributed by atoms with van der Waals surface area (Å²) in [5.41, 5.74) is 9.93. The molecule has 0 fully saturated rings. The zero-order valence-electron chi connectivity index (χ0n) is 21.3. The van der Waals surface area contributed by atoms with Gasteiger partial charge < -0.3 is 10.3 Å². The van der Waals surface area contributed by atoms with Crippen LogP contribution in [0.3, 0.4) is 0 Å². The summed E-state index contributed by atoms with van der Waals surface area (Å²) >= 11 is 4.24. The largest absolute Gasteiger partial charge is 2.00 e. The van der Waals surface area contributed by atoms with Crippen molar-refractivity contribution in [1.29, 1.82) is 0 Å². The van der Waals surface area contributed by atoms with Gasteiger partial charge in [-0.1, -0.05) is 72.6 Å². The molecule has 0 nitrogen and oxygen atoms in total. The number of aryl methyl sites for hydroxylation is 6. The van der Waals surface area contributed by atoms with E-state index in [1.54, 1.807) is 0 Å². The third-order valence-corrected chi connectivity index (χ3v) is 4.42. The van der Waals surface area contributed by atoms with Crippen molar-refractivity contribution in [3.63, 3.8) is 0 Å². The second-order valence-electron chi connectivity index (χ2n) is 6.33.